The molecule has 0 saturated carbocycles. The Kier molecular flexibility index (Phi) is 6.48. The number of carbonyl (C=O) groups is 3. The van der Waals surface area contributed by atoms with Crippen molar-refractivity contribution in [1.29, 1.82) is 0 Å². The Hall–Kier alpha value is -2.94. The van der Waals surface area contributed by atoms with Crippen LogP contribution >= 0.6 is 0 Å². The highest BCUT2D eigenvalue weighted by molar-refractivity contribution is 6.39. The minimum atomic E-state index is -0.235. The molecule has 0 aromatic heterocycles. The van der Waals surface area contributed by atoms with Crippen LogP contribution in [0.1, 0.15) is 19.4 Å². The van der Waals surface area contributed by atoms with Crippen molar-refractivity contribution in [2.24, 2.45) is 4.99 Å². The third kappa shape index (κ3) is 5.32. The second-order valence-corrected chi connectivity index (χ2v) is 7.63. The molecular weight excluding hydrogens is 372 g/mol. The van der Waals surface area contributed by atoms with Gasteiger partial charge in [-0.2, -0.15) is 0 Å². The Labute approximate surface area is 170 Å². The number of piperazine rings is 1. The van der Waals surface area contributed by atoms with Crippen molar-refractivity contribution in [2.75, 3.05) is 44.3 Å². The van der Waals surface area contributed by atoms with Gasteiger partial charge < -0.3 is 10.2 Å². The van der Waals surface area contributed by atoms with Gasteiger partial charge >= 0.3 is 0 Å². The van der Waals surface area contributed by atoms with Crippen molar-refractivity contribution in [3.05, 3.63) is 29.8 Å². The first-order valence-electron chi connectivity index (χ1n) is 9.85. The zero-order chi connectivity index (χ0) is 21.0. The molecule has 29 heavy (non-hydrogen) atoms. The molecule has 1 aromatic carbocycles. The van der Waals surface area contributed by atoms with E-state index in [1.165, 1.54) is 5.01 Å². The van der Waals surface area contributed by atoms with Crippen LogP contribution in [0.2, 0.25) is 0 Å². The zero-order valence-corrected chi connectivity index (χ0v) is 17.1. The summed E-state index contributed by atoms with van der Waals surface area (Å²) < 4.78 is 0. The molecular formula is C20H28N6O3. The summed E-state index contributed by atoms with van der Waals surface area (Å²) in [5.74, 6) is -0.297. The van der Waals surface area contributed by atoms with E-state index in [4.69, 9.17) is 0 Å². The third-order valence-corrected chi connectivity index (χ3v) is 4.81. The fourth-order valence-corrected chi connectivity index (χ4v) is 3.27. The number of rotatable bonds is 5. The van der Waals surface area contributed by atoms with E-state index in [0.29, 0.717) is 38.4 Å². The van der Waals surface area contributed by atoms with Crippen LogP contribution in [0.25, 0.3) is 0 Å². The molecule has 0 radical (unpaired) electrons. The van der Waals surface area contributed by atoms with Crippen LogP contribution in [0.5, 0.6) is 0 Å². The van der Waals surface area contributed by atoms with E-state index >= 15 is 0 Å². The van der Waals surface area contributed by atoms with Crippen LogP contribution in [0.15, 0.2) is 29.3 Å². The average Bonchev–Trinajstić information content (AvgIpc) is 2.68. The van der Waals surface area contributed by atoms with Crippen LogP contribution in [-0.4, -0.2) is 78.7 Å². The number of hydrogen-bond acceptors (Lipinski definition) is 6. The number of hydrogen-bond donors (Lipinski definition) is 2. The Morgan fingerprint density at radius 3 is 2.41 bits per heavy atom. The average molecular weight is 400 g/mol. The molecule has 0 unspecified atom stereocenters. The van der Waals surface area contributed by atoms with E-state index in [-0.39, 0.29) is 36.1 Å². The lowest BCUT2D eigenvalue weighted by Gasteiger charge is -2.36. The minimum Gasteiger partial charge on any atom is -0.353 e. The topological polar surface area (TPSA) is 97.3 Å². The van der Waals surface area contributed by atoms with Crippen molar-refractivity contribution >= 4 is 29.2 Å². The molecule has 9 nitrogen and oxygen atoms in total. The van der Waals surface area contributed by atoms with Gasteiger partial charge in [0.15, 0.2) is 0 Å². The SMILES string of the molecule is Cc1ccc(N2NC(C(=O)N3CCN(CC(=O)NC(C)C)CC3)=NCC2=O)cc1. The van der Waals surface area contributed by atoms with Crippen molar-refractivity contribution in [3.8, 4) is 0 Å². The number of amidine groups is 1. The first-order valence-corrected chi connectivity index (χ1v) is 9.85. The van der Waals surface area contributed by atoms with Gasteiger partial charge in [0.1, 0.15) is 6.54 Å². The highest BCUT2D eigenvalue weighted by atomic mass is 16.2. The largest absolute Gasteiger partial charge is 0.353 e. The molecule has 3 rings (SSSR count). The van der Waals surface area contributed by atoms with E-state index in [0.717, 1.165) is 5.56 Å². The highest BCUT2D eigenvalue weighted by Gasteiger charge is 2.30. The first kappa shape index (κ1) is 20.8. The standard InChI is InChI=1S/C20H28N6O3/c1-14(2)22-17(27)13-24-8-10-25(11-9-24)20(29)19-21-12-18(28)26(23-19)16-6-4-15(3)5-7-16/h4-7,14H,8-13H2,1-3H3,(H,21,23)(H,22,27). The van der Waals surface area contributed by atoms with Gasteiger partial charge in [-0.25, -0.2) is 5.01 Å². The van der Waals surface area contributed by atoms with E-state index < -0.39 is 0 Å². The van der Waals surface area contributed by atoms with Gasteiger partial charge in [0.2, 0.25) is 11.7 Å². The smallest absolute Gasteiger partial charge is 0.290 e. The maximum absolute atomic E-state index is 12.9. The second kappa shape index (κ2) is 9.04. The highest BCUT2D eigenvalue weighted by Crippen LogP contribution is 2.15. The molecule has 1 fully saturated rings. The summed E-state index contributed by atoms with van der Waals surface area (Å²) in [5.41, 5.74) is 4.62. The Bertz CT molecular complexity index is 797. The summed E-state index contributed by atoms with van der Waals surface area (Å²) in [6.07, 6.45) is 0. The maximum Gasteiger partial charge on any atom is 0.290 e. The number of hydrazine groups is 1. The van der Waals surface area contributed by atoms with Crippen molar-refractivity contribution in [2.45, 2.75) is 26.8 Å². The first-order chi connectivity index (χ1) is 13.8. The lowest BCUT2D eigenvalue weighted by atomic mass is 10.2. The Morgan fingerprint density at radius 1 is 1.14 bits per heavy atom. The van der Waals surface area contributed by atoms with Crippen LogP contribution < -0.4 is 15.8 Å². The van der Waals surface area contributed by atoms with Gasteiger partial charge in [-0.3, -0.25) is 29.7 Å². The van der Waals surface area contributed by atoms with E-state index in [2.05, 4.69) is 15.7 Å². The van der Waals surface area contributed by atoms with Crippen LogP contribution in [0.4, 0.5) is 5.69 Å². The number of nitrogens with one attached hydrogen (secondary N) is 2. The van der Waals surface area contributed by atoms with Gasteiger partial charge in [-0.15, -0.1) is 0 Å². The van der Waals surface area contributed by atoms with Gasteiger partial charge in [0.25, 0.3) is 11.8 Å². The summed E-state index contributed by atoms with van der Waals surface area (Å²) in [6.45, 7) is 8.33. The molecule has 0 spiro atoms. The number of carbonyl (C=O) groups excluding carboxylic acids is 3. The van der Waals surface area contributed by atoms with Gasteiger partial charge in [-0.1, -0.05) is 17.7 Å². The summed E-state index contributed by atoms with van der Waals surface area (Å²) in [7, 11) is 0. The van der Waals surface area contributed by atoms with E-state index in [9.17, 15) is 14.4 Å². The van der Waals surface area contributed by atoms with Gasteiger partial charge in [0.05, 0.1) is 12.2 Å². The molecule has 0 atom stereocenters. The van der Waals surface area contributed by atoms with Crippen molar-refractivity contribution in [3.63, 3.8) is 0 Å². The van der Waals surface area contributed by atoms with Crippen molar-refractivity contribution in [1.82, 2.24) is 20.5 Å². The summed E-state index contributed by atoms with van der Waals surface area (Å²) in [5, 5.41) is 4.24. The summed E-state index contributed by atoms with van der Waals surface area (Å²) >= 11 is 0. The minimum absolute atomic E-state index is 0.00893. The molecule has 2 aliphatic rings. The predicted molar refractivity (Wildman–Crippen MR) is 110 cm³/mol. The molecule has 2 heterocycles. The molecule has 156 valence electrons. The molecule has 2 aliphatic heterocycles. The van der Waals surface area contributed by atoms with Crippen LogP contribution in [-0.2, 0) is 14.4 Å². The normalized spacial score (nSPS) is 17.8. The quantitative estimate of drug-likeness (QED) is 0.720. The Morgan fingerprint density at radius 2 is 1.79 bits per heavy atom. The Balaban J connectivity index is 1.56. The van der Waals surface area contributed by atoms with Crippen molar-refractivity contribution < 1.29 is 14.4 Å². The lowest BCUT2D eigenvalue weighted by Crippen LogP contribution is -2.59. The van der Waals surface area contributed by atoms with Crippen LogP contribution in [0, 0.1) is 6.92 Å². The number of benzene rings is 1. The number of amides is 3. The van der Waals surface area contributed by atoms with E-state index in [1.54, 1.807) is 4.90 Å². The molecule has 1 aromatic rings. The second-order valence-electron chi connectivity index (χ2n) is 7.63. The predicted octanol–water partition coefficient (Wildman–Crippen LogP) is -0.0865. The molecule has 0 aliphatic carbocycles. The zero-order valence-electron chi connectivity index (χ0n) is 17.1. The summed E-state index contributed by atoms with van der Waals surface area (Å²) in [6, 6.07) is 7.58. The molecule has 9 heteroatoms. The lowest BCUT2D eigenvalue weighted by molar-refractivity contribution is -0.127. The molecule has 1 saturated heterocycles. The molecule has 2 N–H and O–H groups in total. The maximum atomic E-state index is 12.9. The van der Waals surface area contributed by atoms with Gasteiger partial charge in [-0.05, 0) is 32.9 Å². The summed E-state index contributed by atoms with van der Waals surface area (Å²) in [4.78, 5) is 44.9. The number of aryl methyl sites for hydroxylation is 1. The number of nitrogens with zero attached hydrogens (tertiary/aromatic N) is 4. The number of anilines is 1. The van der Waals surface area contributed by atoms with Crippen LogP contribution in [0.3, 0.4) is 0 Å². The van der Waals surface area contributed by atoms with Gasteiger partial charge in [0, 0.05) is 32.2 Å². The fraction of sp³-hybridized carbons (Fsp3) is 0.500. The fourth-order valence-electron chi connectivity index (χ4n) is 3.27. The monoisotopic (exact) mass is 400 g/mol. The molecule has 0 bridgehead atoms. The third-order valence-electron chi connectivity index (χ3n) is 4.81. The number of aliphatic imine (C=N–C) groups is 1. The molecule has 3 amide bonds. The van der Waals surface area contributed by atoms with E-state index in [1.807, 2.05) is 49.9 Å².